The molecule has 2 aromatic heterocycles. The van der Waals surface area contributed by atoms with Crippen LogP contribution in [0.15, 0.2) is 84.0 Å². The predicted molar refractivity (Wildman–Crippen MR) is 189 cm³/mol. The van der Waals surface area contributed by atoms with Gasteiger partial charge in [0.05, 0.1) is 18.0 Å². The van der Waals surface area contributed by atoms with Crippen molar-refractivity contribution in [3.05, 3.63) is 95.2 Å². The Morgan fingerprint density at radius 3 is 2.35 bits per heavy atom. The van der Waals surface area contributed by atoms with Gasteiger partial charge in [0.15, 0.2) is 0 Å². The molecule has 0 N–H and O–H groups in total. The molecule has 9 nitrogen and oxygen atoms in total. The summed E-state index contributed by atoms with van der Waals surface area (Å²) in [6.45, 7) is 9.20. The van der Waals surface area contributed by atoms with Crippen LogP contribution >= 0.6 is 24.8 Å². The SMILES string of the molecule is CCN1C(=O)C(C)(C)C(=O)N(C)c2cc(OCCCCN(CCn3ccc4ccccc4c3=O)Cc3ccncc3)ccc21.Cl.Cl. The van der Waals surface area contributed by atoms with E-state index < -0.39 is 5.41 Å². The van der Waals surface area contributed by atoms with Gasteiger partial charge in [0.1, 0.15) is 11.2 Å². The summed E-state index contributed by atoms with van der Waals surface area (Å²) >= 11 is 0. The number of ether oxygens (including phenoxy) is 1. The third-order valence-corrected chi connectivity index (χ3v) is 8.37. The zero-order chi connectivity index (χ0) is 31.3. The van der Waals surface area contributed by atoms with Gasteiger partial charge in [0, 0.05) is 63.3 Å². The Labute approximate surface area is 283 Å². The molecule has 0 aliphatic carbocycles. The van der Waals surface area contributed by atoms with Crippen molar-refractivity contribution in [3.63, 3.8) is 0 Å². The van der Waals surface area contributed by atoms with Gasteiger partial charge in [0.25, 0.3) is 5.56 Å². The quantitative estimate of drug-likeness (QED) is 0.137. The van der Waals surface area contributed by atoms with Gasteiger partial charge in [-0.1, -0.05) is 18.2 Å². The standard InChI is InChI=1S/C35H41N5O4.2ClH/c1-5-40-30-13-12-28(24-31(30)37(4)33(42)35(2,3)34(40)43)44-23-9-8-19-38(25-26-14-17-36-18-15-26)21-22-39-20-16-27-10-6-7-11-29(27)32(39)41;;/h6-7,10-18,20,24H,5,8-9,19,21-23,25H2,1-4H3;2*1H. The number of nitrogens with zero attached hydrogens (tertiary/aromatic N) is 5. The van der Waals surface area contributed by atoms with Crippen LogP contribution in [0.5, 0.6) is 5.75 Å². The first-order valence-electron chi connectivity index (χ1n) is 15.3. The molecule has 0 atom stereocenters. The highest BCUT2D eigenvalue weighted by Crippen LogP contribution is 2.40. The molecule has 0 spiro atoms. The van der Waals surface area contributed by atoms with E-state index >= 15 is 0 Å². The fraction of sp³-hybridized carbons (Fsp3) is 0.371. The summed E-state index contributed by atoms with van der Waals surface area (Å²) in [5, 5.41) is 1.69. The van der Waals surface area contributed by atoms with E-state index in [1.54, 1.807) is 47.7 Å². The highest BCUT2D eigenvalue weighted by molar-refractivity contribution is 6.20. The van der Waals surface area contributed by atoms with Crippen LogP contribution in [-0.2, 0) is 22.7 Å². The zero-order valence-corrected chi connectivity index (χ0v) is 28.5. The van der Waals surface area contributed by atoms with Crippen LogP contribution in [0.25, 0.3) is 10.8 Å². The lowest BCUT2D eigenvalue weighted by molar-refractivity contribution is -0.137. The number of rotatable bonds is 12. The Bertz CT molecular complexity index is 1700. The van der Waals surface area contributed by atoms with Crippen molar-refractivity contribution in [1.29, 1.82) is 0 Å². The number of aromatic nitrogens is 2. The second-order valence-corrected chi connectivity index (χ2v) is 11.8. The largest absolute Gasteiger partial charge is 0.494 e. The van der Waals surface area contributed by atoms with Crippen LogP contribution < -0.4 is 20.1 Å². The topological polar surface area (TPSA) is 88.0 Å². The van der Waals surface area contributed by atoms with Crippen LogP contribution in [0.3, 0.4) is 0 Å². The number of halogens is 2. The molecule has 0 saturated heterocycles. The van der Waals surface area contributed by atoms with Crippen LogP contribution in [0.2, 0.25) is 0 Å². The van der Waals surface area contributed by atoms with E-state index in [0.29, 0.717) is 36.8 Å². The Morgan fingerprint density at radius 1 is 0.870 bits per heavy atom. The van der Waals surface area contributed by atoms with Crippen molar-refractivity contribution in [2.75, 3.05) is 43.1 Å². The molecule has 2 aromatic carbocycles. The third kappa shape index (κ3) is 7.89. The number of anilines is 2. The first-order valence-corrected chi connectivity index (χ1v) is 15.3. The van der Waals surface area contributed by atoms with Crippen LogP contribution in [0.4, 0.5) is 11.4 Å². The molecule has 11 heteroatoms. The van der Waals surface area contributed by atoms with Crippen molar-refractivity contribution in [1.82, 2.24) is 14.5 Å². The maximum absolute atomic E-state index is 13.1. The van der Waals surface area contributed by atoms with Crippen LogP contribution in [-0.4, -0.2) is 59.6 Å². The van der Waals surface area contributed by atoms with Gasteiger partial charge in [-0.2, -0.15) is 0 Å². The van der Waals surface area contributed by atoms with Crippen LogP contribution in [0, 0.1) is 5.41 Å². The molecular weight excluding hydrogens is 625 g/mol. The van der Waals surface area contributed by atoms with Gasteiger partial charge in [0.2, 0.25) is 11.8 Å². The summed E-state index contributed by atoms with van der Waals surface area (Å²) in [6, 6.07) is 19.3. The number of pyridine rings is 2. The molecule has 1 aliphatic rings. The Kier molecular flexibility index (Phi) is 12.8. The number of hydrogen-bond acceptors (Lipinski definition) is 6. The maximum Gasteiger partial charge on any atom is 0.258 e. The van der Waals surface area contributed by atoms with Gasteiger partial charge < -0.3 is 19.1 Å². The second-order valence-electron chi connectivity index (χ2n) is 11.8. The number of benzene rings is 2. The molecular formula is C35H43Cl2N5O4. The summed E-state index contributed by atoms with van der Waals surface area (Å²) in [6.07, 6.45) is 7.23. The van der Waals surface area contributed by atoms with Gasteiger partial charge >= 0.3 is 0 Å². The number of hydrogen-bond donors (Lipinski definition) is 0. The van der Waals surface area contributed by atoms with Crippen molar-refractivity contribution >= 4 is 58.8 Å². The second kappa shape index (κ2) is 16.1. The lowest BCUT2D eigenvalue weighted by Gasteiger charge is -2.27. The molecule has 46 heavy (non-hydrogen) atoms. The third-order valence-electron chi connectivity index (χ3n) is 8.37. The van der Waals surface area contributed by atoms with Gasteiger partial charge in [-0.15, -0.1) is 24.8 Å². The molecule has 0 fully saturated rings. The zero-order valence-electron chi connectivity index (χ0n) is 26.8. The summed E-state index contributed by atoms with van der Waals surface area (Å²) < 4.78 is 7.91. The van der Waals surface area contributed by atoms with E-state index in [0.717, 1.165) is 43.2 Å². The van der Waals surface area contributed by atoms with Gasteiger partial charge in [-0.05, 0) is 87.5 Å². The van der Waals surface area contributed by atoms with E-state index in [1.807, 2.05) is 73.8 Å². The van der Waals surface area contributed by atoms with Gasteiger partial charge in [-0.25, -0.2) is 0 Å². The first kappa shape index (κ1) is 36.5. The molecule has 5 rings (SSSR count). The fourth-order valence-corrected chi connectivity index (χ4v) is 5.77. The molecule has 0 radical (unpaired) electrons. The molecule has 0 unspecified atom stereocenters. The van der Waals surface area contributed by atoms with E-state index in [9.17, 15) is 14.4 Å². The monoisotopic (exact) mass is 667 g/mol. The van der Waals surface area contributed by atoms with E-state index in [4.69, 9.17) is 4.74 Å². The lowest BCUT2D eigenvalue weighted by atomic mass is 9.90. The normalized spacial score (nSPS) is 14.0. The maximum atomic E-state index is 13.1. The van der Waals surface area contributed by atoms with E-state index in [1.165, 1.54) is 5.56 Å². The smallest absolute Gasteiger partial charge is 0.258 e. The van der Waals surface area contributed by atoms with Crippen molar-refractivity contribution in [3.8, 4) is 5.75 Å². The van der Waals surface area contributed by atoms with Gasteiger partial charge in [-0.3, -0.25) is 24.3 Å². The molecule has 0 saturated carbocycles. The summed E-state index contributed by atoms with van der Waals surface area (Å²) in [5.74, 6) is 0.221. The van der Waals surface area contributed by atoms with Crippen molar-refractivity contribution < 1.29 is 14.3 Å². The molecule has 2 amide bonds. The molecule has 4 aromatic rings. The average Bonchev–Trinajstić information content (AvgIpc) is 3.09. The van der Waals surface area contributed by atoms with E-state index in [-0.39, 0.29) is 42.2 Å². The molecule has 246 valence electrons. The number of carbonyl (C=O) groups excluding carboxylic acids is 2. The van der Waals surface area contributed by atoms with Crippen molar-refractivity contribution in [2.24, 2.45) is 5.41 Å². The number of carbonyl (C=O) groups is 2. The fourth-order valence-electron chi connectivity index (χ4n) is 5.77. The highest BCUT2D eigenvalue weighted by Gasteiger charge is 2.45. The summed E-state index contributed by atoms with van der Waals surface area (Å²) in [5.41, 5.74) is 1.44. The average molecular weight is 669 g/mol. The Balaban J connectivity index is 0.00000288. The highest BCUT2D eigenvalue weighted by atomic mass is 35.5. The molecule has 3 heterocycles. The first-order chi connectivity index (χ1) is 21.2. The molecule has 1 aliphatic heterocycles. The number of unbranched alkanes of at least 4 members (excludes halogenated alkanes) is 1. The number of fused-ring (bicyclic) bond motifs is 2. The Morgan fingerprint density at radius 2 is 1.61 bits per heavy atom. The molecule has 0 bridgehead atoms. The minimum absolute atomic E-state index is 0. The minimum atomic E-state index is -1.14. The van der Waals surface area contributed by atoms with Crippen LogP contribution in [0.1, 0.15) is 39.2 Å². The Hall–Kier alpha value is -3.92. The number of amides is 2. The van der Waals surface area contributed by atoms with E-state index in [2.05, 4.69) is 9.88 Å². The lowest BCUT2D eigenvalue weighted by Crippen LogP contribution is -2.47. The summed E-state index contributed by atoms with van der Waals surface area (Å²) in [4.78, 5) is 49.0. The minimum Gasteiger partial charge on any atom is -0.494 e. The predicted octanol–water partition coefficient (Wildman–Crippen LogP) is 5.96. The summed E-state index contributed by atoms with van der Waals surface area (Å²) in [7, 11) is 1.71. The van der Waals surface area contributed by atoms with Crippen molar-refractivity contribution in [2.45, 2.75) is 46.7 Å².